The van der Waals surface area contributed by atoms with E-state index in [2.05, 4.69) is 5.32 Å². The number of anilines is 2. The van der Waals surface area contributed by atoms with Gasteiger partial charge >= 0.3 is 0 Å². The molecule has 1 amide bonds. The van der Waals surface area contributed by atoms with Crippen LogP contribution < -0.4 is 9.62 Å². The van der Waals surface area contributed by atoms with Crippen molar-refractivity contribution in [3.63, 3.8) is 0 Å². The zero-order valence-corrected chi connectivity index (χ0v) is 18.9. The molecule has 0 atom stereocenters. The lowest BCUT2D eigenvalue weighted by Crippen LogP contribution is -2.38. The molecule has 0 saturated carbocycles. The second kappa shape index (κ2) is 9.27. The number of nitrogens with zero attached hydrogens (tertiary/aromatic N) is 1. The molecule has 30 heavy (non-hydrogen) atoms. The first-order valence-corrected chi connectivity index (χ1v) is 11.3. The van der Waals surface area contributed by atoms with Gasteiger partial charge in [-0.25, -0.2) is 8.42 Å². The highest BCUT2D eigenvalue weighted by molar-refractivity contribution is 7.92. The lowest BCUT2D eigenvalue weighted by molar-refractivity contribution is -0.114. The van der Waals surface area contributed by atoms with Crippen LogP contribution in [0.2, 0.25) is 15.1 Å². The number of halogens is 3. The van der Waals surface area contributed by atoms with E-state index in [-0.39, 0.29) is 20.6 Å². The Hall–Kier alpha value is -2.25. The SMILES string of the molecule is Cc1ccc(S(=O)(=O)N(CC(=O)Nc2ccc(Cl)cc2)c2cc(Cl)cc(Cl)c2)cc1. The highest BCUT2D eigenvalue weighted by Crippen LogP contribution is 2.30. The van der Waals surface area contributed by atoms with Gasteiger partial charge in [-0.1, -0.05) is 52.5 Å². The van der Waals surface area contributed by atoms with Gasteiger partial charge in [0, 0.05) is 20.8 Å². The van der Waals surface area contributed by atoms with Crippen LogP contribution in [0.3, 0.4) is 0 Å². The minimum atomic E-state index is -4.06. The molecule has 0 spiro atoms. The zero-order valence-electron chi connectivity index (χ0n) is 15.8. The van der Waals surface area contributed by atoms with Crippen LogP contribution >= 0.6 is 34.8 Å². The van der Waals surface area contributed by atoms with Crippen LogP contribution in [0.1, 0.15) is 5.56 Å². The molecule has 0 aliphatic heterocycles. The first-order valence-electron chi connectivity index (χ1n) is 8.76. The molecule has 1 N–H and O–H groups in total. The van der Waals surface area contributed by atoms with E-state index in [9.17, 15) is 13.2 Å². The Morgan fingerprint density at radius 3 is 2.00 bits per heavy atom. The number of amides is 1. The van der Waals surface area contributed by atoms with Crippen LogP contribution in [-0.4, -0.2) is 20.9 Å². The maximum atomic E-state index is 13.3. The van der Waals surface area contributed by atoms with Crippen molar-refractivity contribution >= 4 is 62.1 Å². The monoisotopic (exact) mass is 482 g/mol. The van der Waals surface area contributed by atoms with Crippen LogP contribution in [0.5, 0.6) is 0 Å². The number of sulfonamides is 1. The van der Waals surface area contributed by atoms with Crippen molar-refractivity contribution < 1.29 is 13.2 Å². The number of aryl methyl sites for hydroxylation is 1. The first kappa shape index (κ1) is 22.4. The van der Waals surface area contributed by atoms with Crippen molar-refractivity contribution in [1.82, 2.24) is 0 Å². The molecule has 9 heteroatoms. The quantitative estimate of drug-likeness (QED) is 0.482. The first-order chi connectivity index (χ1) is 14.1. The summed E-state index contributed by atoms with van der Waals surface area (Å²) < 4.78 is 27.7. The second-order valence-electron chi connectivity index (χ2n) is 6.51. The van der Waals surface area contributed by atoms with Crippen LogP contribution in [0, 0.1) is 6.92 Å². The van der Waals surface area contributed by atoms with Gasteiger partial charge in [-0.3, -0.25) is 9.10 Å². The van der Waals surface area contributed by atoms with Crippen molar-refractivity contribution in [2.24, 2.45) is 0 Å². The summed E-state index contributed by atoms with van der Waals surface area (Å²) >= 11 is 18.0. The summed E-state index contributed by atoms with van der Waals surface area (Å²) in [4.78, 5) is 12.7. The Balaban J connectivity index is 1.97. The molecular weight excluding hydrogens is 467 g/mol. The van der Waals surface area contributed by atoms with Crippen LogP contribution in [0.25, 0.3) is 0 Å². The summed E-state index contributed by atoms with van der Waals surface area (Å²) in [6.45, 7) is 1.37. The fraction of sp³-hybridized carbons (Fsp3) is 0.0952. The Morgan fingerprint density at radius 2 is 1.43 bits per heavy atom. The second-order valence-corrected chi connectivity index (χ2v) is 9.68. The minimum Gasteiger partial charge on any atom is -0.325 e. The molecule has 0 bridgehead atoms. The molecular formula is C21H17Cl3N2O3S. The average Bonchev–Trinajstić information content (AvgIpc) is 2.67. The van der Waals surface area contributed by atoms with Crippen molar-refractivity contribution in [2.45, 2.75) is 11.8 Å². The van der Waals surface area contributed by atoms with Gasteiger partial charge in [-0.2, -0.15) is 0 Å². The lowest BCUT2D eigenvalue weighted by atomic mass is 10.2. The number of carbonyl (C=O) groups is 1. The molecule has 0 heterocycles. The highest BCUT2D eigenvalue weighted by Gasteiger charge is 2.28. The topological polar surface area (TPSA) is 66.5 Å². The molecule has 0 radical (unpaired) electrons. The van der Waals surface area contributed by atoms with Crippen LogP contribution in [-0.2, 0) is 14.8 Å². The predicted octanol–water partition coefficient (Wildman–Crippen LogP) is 5.79. The van der Waals surface area contributed by atoms with Gasteiger partial charge in [0.15, 0.2) is 0 Å². The molecule has 0 aliphatic rings. The van der Waals surface area contributed by atoms with Gasteiger partial charge in [0.05, 0.1) is 10.6 Å². The van der Waals surface area contributed by atoms with Crippen molar-refractivity contribution in [3.8, 4) is 0 Å². The largest absolute Gasteiger partial charge is 0.325 e. The number of nitrogens with one attached hydrogen (secondary N) is 1. The van der Waals surface area contributed by atoms with Crippen molar-refractivity contribution in [3.05, 3.63) is 87.4 Å². The maximum absolute atomic E-state index is 13.3. The van der Waals surface area contributed by atoms with Gasteiger partial charge in [0.1, 0.15) is 6.54 Å². The molecule has 0 saturated heterocycles. The third-order valence-electron chi connectivity index (χ3n) is 4.16. The number of rotatable bonds is 6. The van der Waals surface area contributed by atoms with Gasteiger partial charge in [-0.05, 0) is 61.5 Å². The van der Waals surface area contributed by atoms with E-state index in [4.69, 9.17) is 34.8 Å². The Bertz CT molecular complexity index is 1140. The third kappa shape index (κ3) is 5.46. The summed E-state index contributed by atoms with van der Waals surface area (Å²) in [6, 6.07) is 17.2. The van der Waals surface area contributed by atoms with Gasteiger partial charge in [0.2, 0.25) is 5.91 Å². The fourth-order valence-corrected chi connectivity index (χ4v) is 4.75. The van der Waals surface area contributed by atoms with E-state index >= 15 is 0 Å². The highest BCUT2D eigenvalue weighted by atomic mass is 35.5. The maximum Gasteiger partial charge on any atom is 0.264 e. The Kier molecular flexibility index (Phi) is 6.93. The van der Waals surface area contributed by atoms with Crippen molar-refractivity contribution in [2.75, 3.05) is 16.2 Å². The Morgan fingerprint density at radius 1 is 0.867 bits per heavy atom. The molecule has 3 rings (SSSR count). The molecule has 0 fully saturated rings. The molecule has 0 aromatic heterocycles. The van der Waals surface area contributed by atoms with E-state index in [0.717, 1.165) is 9.87 Å². The standard InChI is InChI=1S/C21H17Cl3N2O3S/c1-14-2-8-20(9-3-14)30(28,29)26(19-11-16(23)10-17(24)12-19)13-21(27)25-18-6-4-15(22)5-7-18/h2-12H,13H2,1H3,(H,25,27). The smallest absolute Gasteiger partial charge is 0.264 e. The Labute approximate surface area is 190 Å². The minimum absolute atomic E-state index is 0.0449. The number of hydrogen-bond acceptors (Lipinski definition) is 3. The molecule has 0 aliphatic carbocycles. The van der Waals surface area contributed by atoms with Crippen LogP contribution in [0.15, 0.2) is 71.6 Å². The van der Waals surface area contributed by atoms with E-state index in [1.807, 2.05) is 6.92 Å². The number of hydrogen-bond donors (Lipinski definition) is 1. The molecule has 0 unspecified atom stereocenters. The van der Waals surface area contributed by atoms with Gasteiger partial charge < -0.3 is 5.32 Å². The van der Waals surface area contributed by atoms with Gasteiger partial charge in [0.25, 0.3) is 10.0 Å². The summed E-state index contributed by atoms with van der Waals surface area (Å²) in [5.41, 5.74) is 1.58. The molecule has 3 aromatic carbocycles. The summed E-state index contributed by atoms with van der Waals surface area (Å²) in [6.07, 6.45) is 0. The molecule has 156 valence electrons. The van der Waals surface area contributed by atoms with E-state index in [1.54, 1.807) is 36.4 Å². The lowest BCUT2D eigenvalue weighted by Gasteiger charge is -2.24. The summed E-state index contributed by atoms with van der Waals surface area (Å²) in [7, 11) is -4.06. The number of benzene rings is 3. The molecule has 5 nitrogen and oxygen atoms in total. The predicted molar refractivity (Wildman–Crippen MR) is 122 cm³/mol. The van der Waals surface area contributed by atoms with E-state index < -0.39 is 22.5 Å². The van der Waals surface area contributed by atoms with E-state index in [0.29, 0.717) is 10.7 Å². The third-order valence-corrected chi connectivity index (χ3v) is 6.64. The average molecular weight is 484 g/mol. The normalized spacial score (nSPS) is 11.2. The van der Waals surface area contributed by atoms with E-state index in [1.165, 1.54) is 30.3 Å². The molecule has 3 aromatic rings. The van der Waals surface area contributed by atoms with Crippen LogP contribution in [0.4, 0.5) is 11.4 Å². The van der Waals surface area contributed by atoms with Crippen molar-refractivity contribution in [1.29, 1.82) is 0 Å². The fourth-order valence-electron chi connectivity index (χ4n) is 2.70. The summed E-state index contributed by atoms with van der Waals surface area (Å²) in [5.74, 6) is -0.538. The zero-order chi connectivity index (χ0) is 21.9. The number of carbonyl (C=O) groups excluding carboxylic acids is 1. The summed E-state index contributed by atoms with van der Waals surface area (Å²) in [5, 5.41) is 3.68. The van der Waals surface area contributed by atoms with Gasteiger partial charge in [-0.15, -0.1) is 0 Å².